The van der Waals surface area contributed by atoms with Crippen molar-refractivity contribution in [1.29, 1.82) is 0 Å². The molecule has 1 aliphatic rings. The lowest BCUT2D eigenvalue weighted by atomic mass is 10.3. The van der Waals surface area contributed by atoms with Crippen molar-refractivity contribution < 1.29 is 14.1 Å². The smallest absolute Gasteiger partial charge is 0.395 e. The van der Waals surface area contributed by atoms with Gasteiger partial charge in [0.05, 0.1) is 12.6 Å². The zero-order valence-corrected chi connectivity index (χ0v) is 11.3. The molecule has 2 aromatic rings. The van der Waals surface area contributed by atoms with Gasteiger partial charge in [-0.25, -0.2) is 0 Å². The molecule has 1 amide bonds. The van der Waals surface area contributed by atoms with Gasteiger partial charge in [-0.05, 0) is 30.4 Å². The third kappa shape index (κ3) is 2.57. The van der Waals surface area contributed by atoms with Crippen molar-refractivity contribution in [3.05, 3.63) is 50.4 Å². The van der Waals surface area contributed by atoms with Crippen LogP contribution in [0.4, 0.5) is 5.88 Å². The van der Waals surface area contributed by atoms with E-state index in [9.17, 15) is 14.9 Å². The number of furan rings is 1. The van der Waals surface area contributed by atoms with E-state index in [1.165, 1.54) is 12.1 Å². The zero-order valence-electron chi connectivity index (χ0n) is 10.5. The van der Waals surface area contributed by atoms with E-state index in [2.05, 4.69) is 0 Å². The lowest BCUT2D eigenvalue weighted by molar-refractivity contribution is -0.402. The minimum atomic E-state index is -0.641. The van der Waals surface area contributed by atoms with Crippen LogP contribution in [0.15, 0.2) is 34.1 Å². The van der Waals surface area contributed by atoms with Gasteiger partial charge in [0, 0.05) is 10.9 Å². The van der Waals surface area contributed by atoms with Gasteiger partial charge >= 0.3 is 5.88 Å². The van der Waals surface area contributed by atoms with Crippen molar-refractivity contribution in [1.82, 2.24) is 4.90 Å². The van der Waals surface area contributed by atoms with Gasteiger partial charge in [-0.15, -0.1) is 11.3 Å². The van der Waals surface area contributed by atoms with E-state index < -0.39 is 10.8 Å². The molecule has 0 aliphatic heterocycles. The van der Waals surface area contributed by atoms with E-state index in [4.69, 9.17) is 4.42 Å². The molecule has 0 atom stereocenters. The molecule has 0 spiro atoms. The van der Waals surface area contributed by atoms with Gasteiger partial charge < -0.3 is 9.32 Å². The standard InChI is InChI=1S/C13H12N2O4S/c16-13(11-5-6-12(19-11)15(17)18)14(9-3-4-9)8-10-2-1-7-20-10/h1-2,5-7,9H,3-4,8H2. The maximum atomic E-state index is 12.4. The van der Waals surface area contributed by atoms with Crippen LogP contribution in [0.25, 0.3) is 0 Å². The Labute approximate surface area is 118 Å². The van der Waals surface area contributed by atoms with Gasteiger partial charge in [-0.1, -0.05) is 6.07 Å². The van der Waals surface area contributed by atoms with Crippen molar-refractivity contribution in [2.45, 2.75) is 25.4 Å². The summed E-state index contributed by atoms with van der Waals surface area (Å²) >= 11 is 1.59. The molecule has 2 aromatic heterocycles. The highest BCUT2D eigenvalue weighted by Gasteiger charge is 2.35. The molecule has 0 aromatic carbocycles. The lowest BCUT2D eigenvalue weighted by Crippen LogP contribution is -2.32. The Hall–Kier alpha value is -2.15. The maximum absolute atomic E-state index is 12.4. The summed E-state index contributed by atoms with van der Waals surface area (Å²) in [5.74, 6) is -0.658. The fraction of sp³-hybridized carbons (Fsp3) is 0.308. The second-order valence-electron chi connectivity index (χ2n) is 4.64. The molecule has 0 N–H and O–H groups in total. The van der Waals surface area contributed by atoms with E-state index in [1.807, 2.05) is 17.5 Å². The first-order valence-electron chi connectivity index (χ1n) is 6.23. The van der Waals surface area contributed by atoms with Crippen LogP contribution >= 0.6 is 11.3 Å². The molecular formula is C13H12N2O4S. The molecule has 0 radical (unpaired) electrons. The van der Waals surface area contributed by atoms with Gasteiger partial charge in [0.1, 0.15) is 4.92 Å². The van der Waals surface area contributed by atoms with Crippen LogP contribution in [0.3, 0.4) is 0 Å². The average molecular weight is 292 g/mol. The van der Waals surface area contributed by atoms with E-state index in [0.717, 1.165) is 17.7 Å². The van der Waals surface area contributed by atoms with Gasteiger partial charge in [0.15, 0.2) is 5.76 Å². The zero-order chi connectivity index (χ0) is 14.1. The average Bonchev–Trinajstić information content (AvgIpc) is 2.95. The van der Waals surface area contributed by atoms with Crippen molar-refractivity contribution in [2.24, 2.45) is 0 Å². The minimum Gasteiger partial charge on any atom is -0.395 e. The quantitative estimate of drug-likeness (QED) is 0.627. The number of hydrogen-bond donors (Lipinski definition) is 0. The topological polar surface area (TPSA) is 76.6 Å². The van der Waals surface area contributed by atoms with Crippen LogP contribution in [0.2, 0.25) is 0 Å². The Balaban J connectivity index is 1.79. The largest absolute Gasteiger partial charge is 0.433 e. The Kier molecular flexibility index (Phi) is 3.27. The fourth-order valence-corrected chi connectivity index (χ4v) is 2.71. The first-order chi connectivity index (χ1) is 9.65. The maximum Gasteiger partial charge on any atom is 0.433 e. The molecule has 3 rings (SSSR count). The summed E-state index contributed by atoms with van der Waals surface area (Å²) in [5, 5.41) is 12.6. The van der Waals surface area contributed by atoms with Crippen LogP contribution in [0.1, 0.15) is 28.3 Å². The van der Waals surface area contributed by atoms with Crippen LogP contribution in [-0.2, 0) is 6.54 Å². The monoisotopic (exact) mass is 292 g/mol. The number of hydrogen-bond acceptors (Lipinski definition) is 5. The van der Waals surface area contributed by atoms with Crippen molar-refractivity contribution >= 4 is 23.1 Å². The number of rotatable bonds is 5. The SMILES string of the molecule is O=C(c1ccc([N+](=O)[O-])o1)N(Cc1cccs1)C1CC1. The summed E-state index contributed by atoms with van der Waals surface area (Å²) in [6.45, 7) is 0.523. The molecule has 1 saturated carbocycles. The summed E-state index contributed by atoms with van der Waals surface area (Å²) < 4.78 is 5.00. The molecule has 6 nitrogen and oxygen atoms in total. The van der Waals surface area contributed by atoms with Crippen LogP contribution in [-0.4, -0.2) is 21.8 Å². The number of carbonyl (C=O) groups excluding carboxylic acids is 1. The molecule has 104 valence electrons. The van der Waals surface area contributed by atoms with E-state index in [0.29, 0.717) is 6.54 Å². The minimum absolute atomic E-state index is 0.0279. The summed E-state index contributed by atoms with van der Waals surface area (Å²) in [7, 11) is 0. The van der Waals surface area contributed by atoms with Gasteiger partial charge in [-0.2, -0.15) is 0 Å². The molecule has 20 heavy (non-hydrogen) atoms. The summed E-state index contributed by atoms with van der Waals surface area (Å²) in [5.41, 5.74) is 0. The molecule has 2 heterocycles. The van der Waals surface area contributed by atoms with E-state index in [1.54, 1.807) is 16.2 Å². The number of thiophene rings is 1. The second kappa shape index (κ2) is 5.09. The van der Waals surface area contributed by atoms with Crippen molar-refractivity contribution in [3.8, 4) is 0 Å². The Morgan fingerprint density at radius 1 is 1.45 bits per heavy atom. The van der Waals surface area contributed by atoms with Crippen LogP contribution < -0.4 is 0 Å². The van der Waals surface area contributed by atoms with Crippen LogP contribution in [0.5, 0.6) is 0 Å². The third-order valence-electron chi connectivity index (χ3n) is 3.14. The highest BCUT2D eigenvalue weighted by Crippen LogP contribution is 2.31. The van der Waals surface area contributed by atoms with Gasteiger partial charge in [0.2, 0.25) is 0 Å². The highest BCUT2D eigenvalue weighted by atomic mass is 32.1. The normalized spacial score (nSPS) is 14.2. The number of nitro groups is 1. The number of carbonyl (C=O) groups is 1. The summed E-state index contributed by atoms with van der Waals surface area (Å²) in [6.07, 6.45) is 1.94. The molecule has 0 saturated heterocycles. The first-order valence-corrected chi connectivity index (χ1v) is 7.10. The Morgan fingerprint density at radius 3 is 2.80 bits per heavy atom. The van der Waals surface area contributed by atoms with Gasteiger partial charge in [-0.3, -0.25) is 14.9 Å². The lowest BCUT2D eigenvalue weighted by Gasteiger charge is -2.20. The Bertz CT molecular complexity index is 631. The second-order valence-corrected chi connectivity index (χ2v) is 5.67. The van der Waals surface area contributed by atoms with Gasteiger partial charge in [0.25, 0.3) is 5.91 Å². The van der Waals surface area contributed by atoms with E-state index >= 15 is 0 Å². The molecule has 0 unspecified atom stereocenters. The first kappa shape index (κ1) is 12.9. The van der Waals surface area contributed by atoms with E-state index in [-0.39, 0.29) is 17.7 Å². The third-order valence-corrected chi connectivity index (χ3v) is 4.00. The predicted molar refractivity (Wildman–Crippen MR) is 72.6 cm³/mol. The molecule has 1 fully saturated rings. The molecule has 1 aliphatic carbocycles. The van der Waals surface area contributed by atoms with Crippen LogP contribution in [0, 0.1) is 10.1 Å². The van der Waals surface area contributed by atoms with Crippen molar-refractivity contribution in [3.63, 3.8) is 0 Å². The highest BCUT2D eigenvalue weighted by molar-refractivity contribution is 7.09. The molecule has 7 heteroatoms. The summed E-state index contributed by atoms with van der Waals surface area (Å²) in [4.78, 5) is 25.2. The molecular weight excluding hydrogens is 280 g/mol. The summed E-state index contributed by atoms with van der Waals surface area (Å²) in [6, 6.07) is 6.70. The molecule has 0 bridgehead atoms. The predicted octanol–water partition coefficient (Wildman–Crippen LogP) is 3.05. The number of nitrogens with zero attached hydrogens (tertiary/aromatic N) is 2. The number of amides is 1. The Morgan fingerprint density at radius 2 is 2.25 bits per heavy atom. The van der Waals surface area contributed by atoms with Crippen molar-refractivity contribution in [2.75, 3.05) is 0 Å². The fourth-order valence-electron chi connectivity index (χ4n) is 2.01.